The molecule has 1 aromatic rings. The molecule has 3 heteroatoms. The van der Waals surface area contributed by atoms with Crippen molar-refractivity contribution in [3.05, 3.63) is 34.9 Å². The lowest BCUT2D eigenvalue weighted by molar-refractivity contribution is 0.325. The molecule has 16 heavy (non-hydrogen) atoms. The first-order chi connectivity index (χ1) is 7.16. The van der Waals surface area contributed by atoms with Gasteiger partial charge in [-0.05, 0) is 37.0 Å². The van der Waals surface area contributed by atoms with Gasteiger partial charge in [0.25, 0.3) is 0 Å². The largest absolute Gasteiger partial charge is 0.326 e. The fourth-order valence-corrected chi connectivity index (χ4v) is 2.33. The van der Waals surface area contributed by atoms with Crippen LogP contribution in [0.1, 0.15) is 23.1 Å². The lowest BCUT2D eigenvalue weighted by atomic mass is 10.0. The summed E-state index contributed by atoms with van der Waals surface area (Å²) in [5, 5.41) is 0. The van der Waals surface area contributed by atoms with E-state index in [0.717, 1.165) is 26.1 Å². The van der Waals surface area contributed by atoms with Crippen LogP contribution < -0.4 is 5.73 Å². The second-order valence-corrected chi connectivity index (χ2v) is 4.65. The summed E-state index contributed by atoms with van der Waals surface area (Å²) in [6, 6.07) is 6.90. The zero-order chi connectivity index (χ0) is 10.8. The third-order valence-corrected chi connectivity index (χ3v) is 3.34. The monoisotopic (exact) mass is 240 g/mol. The Morgan fingerprint density at radius 2 is 1.94 bits per heavy atom. The Morgan fingerprint density at radius 1 is 1.31 bits per heavy atom. The molecular formula is C13H21ClN2. The van der Waals surface area contributed by atoms with E-state index < -0.39 is 0 Å². The average Bonchev–Trinajstić information content (AvgIpc) is 2.58. The molecule has 0 spiro atoms. The molecule has 0 amide bonds. The molecule has 2 nitrogen and oxygen atoms in total. The summed E-state index contributed by atoms with van der Waals surface area (Å²) >= 11 is 0. The maximum Gasteiger partial charge on any atom is 0.0239 e. The maximum absolute atomic E-state index is 5.91. The number of hydrogen-bond acceptors (Lipinski definition) is 2. The number of rotatable bonds is 2. The van der Waals surface area contributed by atoms with E-state index in [4.69, 9.17) is 5.73 Å². The van der Waals surface area contributed by atoms with Gasteiger partial charge in [-0.15, -0.1) is 12.4 Å². The van der Waals surface area contributed by atoms with Gasteiger partial charge in [0, 0.05) is 25.7 Å². The van der Waals surface area contributed by atoms with Crippen LogP contribution in [0, 0.1) is 13.8 Å². The van der Waals surface area contributed by atoms with Gasteiger partial charge < -0.3 is 5.73 Å². The Kier molecular flexibility index (Phi) is 4.78. The summed E-state index contributed by atoms with van der Waals surface area (Å²) in [5.41, 5.74) is 10.2. The molecule has 0 radical (unpaired) electrons. The summed E-state index contributed by atoms with van der Waals surface area (Å²) in [7, 11) is 0. The fourth-order valence-electron chi connectivity index (χ4n) is 2.33. The molecule has 2 rings (SSSR count). The topological polar surface area (TPSA) is 29.3 Å². The van der Waals surface area contributed by atoms with Crippen molar-refractivity contribution in [3.8, 4) is 0 Å². The minimum absolute atomic E-state index is 0. The minimum Gasteiger partial charge on any atom is -0.326 e. The number of benzene rings is 1. The molecule has 1 saturated heterocycles. The van der Waals surface area contributed by atoms with E-state index in [1.165, 1.54) is 16.7 Å². The average molecular weight is 241 g/mol. The van der Waals surface area contributed by atoms with E-state index in [0.29, 0.717) is 6.04 Å². The molecule has 0 unspecified atom stereocenters. The predicted molar refractivity (Wildman–Crippen MR) is 71.0 cm³/mol. The van der Waals surface area contributed by atoms with Crippen LogP contribution in [-0.2, 0) is 6.54 Å². The summed E-state index contributed by atoms with van der Waals surface area (Å²) in [4.78, 5) is 2.46. The molecule has 1 aliphatic heterocycles. The molecule has 0 saturated carbocycles. The normalized spacial score (nSPS) is 20.8. The highest BCUT2D eigenvalue weighted by atomic mass is 35.5. The Bertz CT molecular complexity index is 332. The lowest BCUT2D eigenvalue weighted by Crippen LogP contribution is -2.26. The zero-order valence-corrected chi connectivity index (χ0v) is 10.9. The van der Waals surface area contributed by atoms with E-state index in [1.54, 1.807) is 0 Å². The zero-order valence-electron chi connectivity index (χ0n) is 10.1. The van der Waals surface area contributed by atoms with Gasteiger partial charge in [-0.1, -0.05) is 18.2 Å². The van der Waals surface area contributed by atoms with Crippen LogP contribution in [0.3, 0.4) is 0 Å². The molecule has 1 fully saturated rings. The highest BCUT2D eigenvalue weighted by molar-refractivity contribution is 5.85. The first-order valence-corrected chi connectivity index (χ1v) is 5.70. The fraction of sp³-hybridized carbons (Fsp3) is 0.538. The summed E-state index contributed by atoms with van der Waals surface area (Å²) < 4.78 is 0. The van der Waals surface area contributed by atoms with Crippen LogP contribution in [-0.4, -0.2) is 24.0 Å². The van der Waals surface area contributed by atoms with Crippen molar-refractivity contribution in [2.45, 2.75) is 32.9 Å². The van der Waals surface area contributed by atoms with E-state index in [-0.39, 0.29) is 12.4 Å². The van der Waals surface area contributed by atoms with Crippen molar-refractivity contribution in [1.29, 1.82) is 0 Å². The van der Waals surface area contributed by atoms with E-state index in [2.05, 4.69) is 36.9 Å². The maximum atomic E-state index is 5.91. The van der Waals surface area contributed by atoms with Gasteiger partial charge in [0.15, 0.2) is 0 Å². The van der Waals surface area contributed by atoms with Crippen molar-refractivity contribution < 1.29 is 0 Å². The Labute approximate surface area is 104 Å². The van der Waals surface area contributed by atoms with Crippen LogP contribution in [0.15, 0.2) is 18.2 Å². The molecule has 0 aliphatic carbocycles. The van der Waals surface area contributed by atoms with Gasteiger partial charge in [-0.3, -0.25) is 4.90 Å². The van der Waals surface area contributed by atoms with E-state index >= 15 is 0 Å². The van der Waals surface area contributed by atoms with Gasteiger partial charge in [0.05, 0.1) is 0 Å². The van der Waals surface area contributed by atoms with E-state index in [1.807, 2.05) is 0 Å². The number of hydrogen-bond donors (Lipinski definition) is 1. The van der Waals surface area contributed by atoms with Gasteiger partial charge in [0.1, 0.15) is 0 Å². The third-order valence-electron chi connectivity index (χ3n) is 3.34. The number of nitrogens with zero attached hydrogens (tertiary/aromatic N) is 1. The van der Waals surface area contributed by atoms with Gasteiger partial charge in [0.2, 0.25) is 0 Å². The first-order valence-electron chi connectivity index (χ1n) is 5.70. The highest BCUT2D eigenvalue weighted by Crippen LogP contribution is 2.18. The number of likely N-dealkylation sites (tertiary alicyclic amines) is 1. The second-order valence-electron chi connectivity index (χ2n) is 4.65. The molecule has 0 aromatic heterocycles. The molecule has 90 valence electrons. The third kappa shape index (κ3) is 2.97. The van der Waals surface area contributed by atoms with Gasteiger partial charge in [-0.2, -0.15) is 0 Å². The standard InChI is InChI=1S/C13H20N2.ClH/c1-10-4-3-5-11(2)13(10)9-15-7-6-12(14)8-15;/h3-5,12H,6-9,14H2,1-2H3;1H/t12-;/m0./s1. The molecule has 1 aliphatic rings. The summed E-state index contributed by atoms with van der Waals surface area (Å²) in [6.07, 6.45) is 1.14. The number of aryl methyl sites for hydroxylation is 2. The van der Waals surface area contributed by atoms with Crippen molar-refractivity contribution in [2.24, 2.45) is 5.73 Å². The number of halogens is 1. The SMILES string of the molecule is Cc1cccc(C)c1CN1CC[C@H](N)C1.Cl. The van der Waals surface area contributed by atoms with Crippen molar-refractivity contribution in [1.82, 2.24) is 4.90 Å². The highest BCUT2D eigenvalue weighted by Gasteiger charge is 2.19. The molecule has 1 aromatic carbocycles. The Hall–Kier alpha value is -0.570. The number of nitrogens with two attached hydrogens (primary N) is 1. The molecular weight excluding hydrogens is 220 g/mol. The smallest absolute Gasteiger partial charge is 0.0239 e. The molecule has 1 atom stereocenters. The summed E-state index contributed by atoms with van der Waals surface area (Å²) in [6.45, 7) is 7.64. The quantitative estimate of drug-likeness (QED) is 0.859. The summed E-state index contributed by atoms with van der Waals surface area (Å²) in [5.74, 6) is 0. The molecule has 1 heterocycles. The van der Waals surface area contributed by atoms with Crippen LogP contribution >= 0.6 is 12.4 Å². The Morgan fingerprint density at radius 3 is 2.44 bits per heavy atom. The van der Waals surface area contributed by atoms with Gasteiger partial charge in [-0.25, -0.2) is 0 Å². The van der Waals surface area contributed by atoms with Crippen LogP contribution in [0.5, 0.6) is 0 Å². The molecule has 0 bridgehead atoms. The Balaban J connectivity index is 0.00000128. The van der Waals surface area contributed by atoms with E-state index in [9.17, 15) is 0 Å². The van der Waals surface area contributed by atoms with Crippen LogP contribution in [0.2, 0.25) is 0 Å². The van der Waals surface area contributed by atoms with Crippen LogP contribution in [0.25, 0.3) is 0 Å². The van der Waals surface area contributed by atoms with Crippen molar-refractivity contribution in [3.63, 3.8) is 0 Å². The second kappa shape index (κ2) is 5.67. The van der Waals surface area contributed by atoms with Crippen molar-refractivity contribution >= 4 is 12.4 Å². The minimum atomic E-state index is 0. The first kappa shape index (κ1) is 13.5. The van der Waals surface area contributed by atoms with Gasteiger partial charge >= 0.3 is 0 Å². The predicted octanol–water partition coefficient (Wildman–Crippen LogP) is 2.26. The van der Waals surface area contributed by atoms with Crippen LogP contribution in [0.4, 0.5) is 0 Å². The molecule has 2 N–H and O–H groups in total. The van der Waals surface area contributed by atoms with Crippen molar-refractivity contribution in [2.75, 3.05) is 13.1 Å². The lowest BCUT2D eigenvalue weighted by Gasteiger charge is -2.18.